The van der Waals surface area contributed by atoms with Crippen molar-refractivity contribution in [3.8, 4) is 0 Å². The summed E-state index contributed by atoms with van der Waals surface area (Å²) >= 11 is 6.40. The Morgan fingerprint density at radius 3 is 2.68 bits per heavy atom. The van der Waals surface area contributed by atoms with Gasteiger partial charge in [0.05, 0.1) is 12.1 Å². The van der Waals surface area contributed by atoms with Gasteiger partial charge in [0.15, 0.2) is 0 Å². The van der Waals surface area contributed by atoms with Crippen molar-refractivity contribution in [1.82, 2.24) is 4.98 Å². The topological polar surface area (TPSA) is 17.3 Å². The summed E-state index contributed by atoms with van der Waals surface area (Å²) in [5.74, 6) is 0. The highest BCUT2D eigenvalue weighted by molar-refractivity contribution is 6.30. The molecule has 0 spiro atoms. The van der Waals surface area contributed by atoms with Crippen LogP contribution in [0.2, 0.25) is 5.15 Å². The molecule has 0 saturated carbocycles. The first-order chi connectivity index (χ1) is 10.8. The van der Waals surface area contributed by atoms with Crippen LogP contribution in [0.15, 0.2) is 54.6 Å². The molecule has 3 heteroatoms. The summed E-state index contributed by atoms with van der Waals surface area (Å²) in [7, 11) is 0. The average molecular weight is 310 g/mol. The van der Waals surface area contributed by atoms with Crippen molar-refractivity contribution < 1.29 is 4.90 Å². The maximum absolute atomic E-state index is 6.40. The van der Waals surface area contributed by atoms with Crippen LogP contribution < -0.4 is 4.90 Å². The van der Waals surface area contributed by atoms with Crippen LogP contribution in [-0.2, 0) is 19.5 Å². The molecule has 2 heterocycles. The Hall–Kier alpha value is -1.90. The van der Waals surface area contributed by atoms with Crippen LogP contribution >= 0.6 is 11.6 Å². The van der Waals surface area contributed by atoms with Crippen LogP contribution in [0.5, 0.6) is 0 Å². The molecule has 4 rings (SSSR count). The smallest absolute Gasteiger partial charge is 0.138 e. The van der Waals surface area contributed by atoms with Gasteiger partial charge < -0.3 is 4.90 Å². The predicted molar refractivity (Wildman–Crippen MR) is 90.1 cm³/mol. The number of nitrogens with zero attached hydrogens (tertiary/aromatic N) is 1. The Morgan fingerprint density at radius 1 is 1.00 bits per heavy atom. The standard InChI is InChI=1S/C19H17ClN2/c20-19-17(11-15-6-3-4-8-18(15)21-19)13-22-10-9-14-5-1-2-7-16(14)12-22/h1-8,11H,9-10,12-13H2/p+1. The zero-order valence-corrected chi connectivity index (χ0v) is 13.1. The summed E-state index contributed by atoms with van der Waals surface area (Å²) in [6, 6.07) is 19.1. The van der Waals surface area contributed by atoms with Crippen molar-refractivity contribution >= 4 is 22.5 Å². The van der Waals surface area contributed by atoms with Crippen LogP contribution in [0.3, 0.4) is 0 Å². The summed E-state index contributed by atoms with van der Waals surface area (Å²) in [6.45, 7) is 3.16. The van der Waals surface area contributed by atoms with Gasteiger partial charge in [-0.2, -0.15) is 0 Å². The second-order valence-electron chi connectivity index (χ2n) is 6.00. The highest BCUT2D eigenvalue weighted by atomic mass is 35.5. The number of nitrogens with one attached hydrogen (secondary N) is 1. The van der Waals surface area contributed by atoms with E-state index in [1.807, 2.05) is 18.2 Å². The lowest BCUT2D eigenvalue weighted by molar-refractivity contribution is -0.929. The predicted octanol–water partition coefficient (Wildman–Crippen LogP) is 3.03. The number of hydrogen-bond donors (Lipinski definition) is 1. The molecule has 1 aromatic heterocycles. The van der Waals surface area contributed by atoms with Crippen molar-refractivity contribution in [3.05, 3.63) is 76.4 Å². The van der Waals surface area contributed by atoms with Crippen molar-refractivity contribution in [2.24, 2.45) is 0 Å². The quantitative estimate of drug-likeness (QED) is 0.720. The molecule has 22 heavy (non-hydrogen) atoms. The number of quaternary nitrogens is 1. The fraction of sp³-hybridized carbons (Fsp3) is 0.211. The maximum Gasteiger partial charge on any atom is 0.138 e. The van der Waals surface area contributed by atoms with E-state index in [1.165, 1.54) is 16.5 Å². The number of hydrogen-bond acceptors (Lipinski definition) is 1. The minimum Gasteiger partial charge on any atom is -0.327 e. The zero-order chi connectivity index (χ0) is 14.9. The number of pyridine rings is 1. The van der Waals surface area contributed by atoms with E-state index >= 15 is 0 Å². The second-order valence-corrected chi connectivity index (χ2v) is 6.36. The lowest BCUT2D eigenvalue weighted by Gasteiger charge is -2.26. The van der Waals surface area contributed by atoms with Gasteiger partial charge in [0.25, 0.3) is 0 Å². The van der Waals surface area contributed by atoms with Crippen molar-refractivity contribution in [1.29, 1.82) is 0 Å². The highest BCUT2D eigenvalue weighted by Crippen LogP contribution is 2.20. The Balaban J connectivity index is 1.60. The first-order valence-corrected chi connectivity index (χ1v) is 8.12. The molecule has 3 aromatic rings. The van der Waals surface area contributed by atoms with Gasteiger partial charge in [0, 0.05) is 22.9 Å². The lowest BCUT2D eigenvalue weighted by atomic mass is 9.99. The van der Waals surface area contributed by atoms with Crippen LogP contribution in [0.4, 0.5) is 0 Å². The first-order valence-electron chi connectivity index (χ1n) is 7.74. The number of para-hydroxylation sites is 1. The SMILES string of the molecule is Clc1nc2ccccc2cc1C[NH+]1CCc2ccccc2C1. The Kier molecular flexibility index (Phi) is 3.57. The van der Waals surface area contributed by atoms with Gasteiger partial charge in [-0.15, -0.1) is 0 Å². The number of halogens is 1. The zero-order valence-electron chi connectivity index (χ0n) is 12.3. The van der Waals surface area contributed by atoms with Crippen LogP contribution in [0.1, 0.15) is 16.7 Å². The third-order valence-corrected chi connectivity index (χ3v) is 4.82. The first kappa shape index (κ1) is 13.7. The Labute approximate surface area is 135 Å². The minimum atomic E-state index is 0.644. The average Bonchev–Trinajstić information content (AvgIpc) is 2.55. The number of aromatic nitrogens is 1. The van der Waals surface area contributed by atoms with Gasteiger partial charge in [-0.3, -0.25) is 0 Å². The summed E-state index contributed by atoms with van der Waals surface area (Å²) in [6.07, 6.45) is 1.14. The molecular formula is C19H18ClN2+. The van der Waals surface area contributed by atoms with E-state index in [4.69, 9.17) is 11.6 Å². The highest BCUT2D eigenvalue weighted by Gasteiger charge is 2.20. The van der Waals surface area contributed by atoms with Crippen LogP contribution in [0, 0.1) is 0 Å². The molecule has 110 valence electrons. The normalized spacial score (nSPS) is 17.4. The number of fused-ring (bicyclic) bond motifs is 2. The van der Waals surface area contributed by atoms with E-state index in [9.17, 15) is 0 Å². The van der Waals surface area contributed by atoms with E-state index in [-0.39, 0.29) is 0 Å². The minimum absolute atomic E-state index is 0.644. The maximum atomic E-state index is 6.40. The molecule has 0 aliphatic carbocycles. The monoisotopic (exact) mass is 309 g/mol. The van der Waals surface area contributed by atoms with E-state index in [2.05, 4.69) is 41.4 Å². The molecule has 2 nitrogen and oxygen atoms in total. The third-order valence-electron chi connectivity index (χ3n) is 4.50. The molecule has 0 fully saturated rings. The van der Waals surface area contributed by atoms with Crippen LogP contribution in [-0.4, -0.2) is 11.5 Å². The van der Waals surface area contributed by atoms with Crippen molar-refractivity contribution in [3.63, 3.8) is 0 Å². The van der Waals surface area contributed by atoms with Crippen LogP contribution in [0.25, 0.3) is 10.9 Å². The van der Waals surface area contributed by atoms with Crippen molar-refractivity contribution in [2.75, 3.05) is 6.54 Å². The molecule has 0 saturated heterocycles. The molecule has 0 amide bonds. The lowest BCUT2D eigenvalue weighted by Crippen LogP contribution is -3.10. The summed E-state index contributed by atoms with van der Waals surface area (Å²) in [5, 5.41) is 1.81. The third kappa shape index (κ3) is 2.60. The van der Waals surface area contributed by atoms with E-state index in [0.29, 0.717) is 5.15 Å². The van der Waals surface area contributed by atoms with Gasteiger partial charge in [-0.25, -0.2) is 4.98 Å². The molecule has 1 unspecified atom stereocenters. The molecule has 0 radical (unpaired) electrons. The summed E-state index contributed by atoms with van der Waals surface area (Å²) in [4.78, 5) is 6.09. The van der Waals surface area contributed by atoms with Crippen molar-refractivity contribution in [2.45, 2.75) is 19.5 Å². The van der Waals surface area contributed by atoms with Gasteiger partial charge in [0.1, 0.15) is 18.2 Å². The molecule has 1 atom stereocenters. The summed E-state index contributed by atoms with van der Waals surface area (Å²) in [5.41, 5.74) is 5.08. The van der Waals surface area contributed by atoms with Gasteiger partial charge >= 0.3 is 0 Å². The molecule has 0 bridgehead atoms. The van der Waals surface area contributed by atoms with Gasteiger partial charge in [0.2, 0.25) is 0 Å². The number of rotatable bonds is 2. The fourth-order valence-corrected chi connectivity index (χ4v) is 3.54. The molecule has 2 aromatic carbocycles. The molecular weight excluding hydrogens is 292 g/mol. The summed E-state index contributed by atoms with van der Waals surface area (Å²) < 4.78 is 0. The number of benzene rings is 2. The Bertz CT molecular complexity index is 829. The largest absolute Gasteiger partial charge is 0.327 e. The fourth-order valence-electron chi connectivity index (χ4n) is 3.32. The molecule has 1 aliphatic rings. The molecule has 1 N–H and O–H groups in total. The van der Waals surface area contributed by atoms with E-state index in [1.54, 1.807) is 4.90 Å². The second kappa shape index (κ2) is 5.71. The molecule has 1 aliphatic heterocycles. The van der Waals surface area contributed by atoms with Gasteiger partial charge in [-0.05, 0) is 17.7 Å². The van der Waals surface area contributed by atoms with E-state index < -0.39 is 0 Å². The van der Waals surface area contributed by atoms with E-state index in [0.717, 1.165) is 37.1 Å². The Morgan fingerprint density at radius 2 is 1.77 bits per heavy atom. The van der Waals surface area contributed by atoms with Gasteiger partial charge in [-0.1, -0.05) is 54.1 Å².